The first-order valence-corrected chi connectivity index (χ1v) is 27.5. The molecule has 0 unspecified atom stereocenters. The summed E-state index contributed by atoms with van der Waals surface area (Å²) in [6.07, 6.45) is 25.8. The summed E-state index contributed by atoms with van der Waals surface area (Å²) in [7, 11) is 0. The van der Waals surface area contributed by atoms with Gasteiger partial charge in [-0.05, 0) is 211 Å². The average molecular weight is 1010 g/mol. The average Bonchev–Trinajstić information content (AvgIpc) is 3.45. The van der Waals surface area contributed by atoms with Crippen molar-refractivity contribution >= 4 is 23.9 Å². The fourth-order valence-corrected chi connectivity index (χ4v) is 10.6. The first-order valence-electron chi connectivity index (χ1n) is 27.5. The largest absolute Gasteiger partial charge is 0.465 e. The number of esters is 4. The van der Waals surface area contributed by atoms with E-state index in [4.69, 9.17) is 25.4 Å². The molecule has 3 fully saturated rings. The molecule has 8 heteroatoms. The molecule has 3 aliphatic carbocycles. The summed E-state index contributed by atoms with van der Waals surface area (Å²) in [6, 6.07) is 29.9. The van der Waals surface area contributed by atoms with Crippen LogP contribution in [0.25, 0.3) is 0 Å². The van der Waals surface area contributed by atoms with Gasteiger partial charge in [0.25, 0.3) is 0 Å². The number of terminal acetylenes is 1. The highest BCUT2D eigenvalue weighted by atomic mass is 16.6. The molecule has 0 spiro atoms. The molecular formula is C67H72O8. The van der Waals surface area contributed by atoms with Crippen LogP contribution in [-0.4, -0.2) is 42.7 Å². The summed E-state index contributed by atoms with van der Waals surface area (Å²) >= 11 is 0. The van der Waals surface area contributed by atoms with E-state index in [2.05, 4.69) is 54.9 Å². The van der Waals surface area contributed by atoms with Crippen molar-refractivity contribution in [2.75, 3.05) is 13.2 Å². The number of ether oxygens (including phenoxy) is 4. The molecule has 4 aromatic carbocycles. The summed E-state index contributed by atoms with van der Waals surface area (Å²) in [6.45, 7) is 6.36. The standard InChI is InChI=1S/C67H72O8/c1-4-7-10-13-51-30-32-57(33-31-51)58-43-46-67(47-44-58,45-42-56-28-26-55(27-29-56)25-24-54-22-20-53(21-23-54)19-18-52-16-14-50(5-2)15-17-52)75-66(71)61-38-40-62(41-39-61)74-65(70)60-36-34-59(35-37-60)64(69)73-49-12-9-8-11-48-72-63(68)6-3/h2,6,14-17,20-23,26-29,38-41,51,57-60H,3-4,7-13,30-37,43-44,46-49H2,1H3. The van der Waals surface area contributed by atoms with Crippen molar-refractivity contribution in [3.63, 3.8) is 0 Å². The zero-order valence-corrected chi connectivity index (χ0v) is 43.8. The Hall–Kier alpha value is -7.26. The van der Waals surface area contributed by atoms with E-state index in [9.17, 15) is 19.2 Å². The van der Waals surface area contributed by atoms with Gasteiger partial charge in [-0.25, -0.2) is 9.59 Å². The van der Waals surface area contributed by atoms with E-state index >= 15 is 0 Å². The van der Waals surface area contributed by atoms with Crippen molar-refractivity contribution < 1.29 is 38.1 Å². The van der Waals surface area contributed by atoms with E-state index in [1.807, 2.05) is 72.8 Å². The van der Waals surface area contributed by atoms with Crippen LogP contribution in [0.2, 0.25) is 0 Å². The third kappa shape index (κ3) is 17.7. The molecule has 0 atom stereocenters. The lowest BCUT2D eigenvalue weighted by Gasteiger charge is -2.41. The van der Waals surface area contributed by atoms with Crippen LogP contribution >= 0.6 is 0 Å². The minimum absolute atomic E-state index is 0.219. The maximum absolute atomic E-state index is 14.0. The minimum atomic E-state index is -0.937. The maximum atomic E-state index is 14.0. The maximum Gasteiger partial charge on any atom is 0.339 e. The van der Waals surface area contributed by atoms with Crippen molar-refractivity contribution in [3.8, 4) is 53.6 Å². The van der Waals surface area contributed by atoms with Crippen molar-refractivity contribution in [2.24, 2.45) is 29.6 Å². The van der Waals surface area contributed by atoms with Gasteiger partial charge in [0.2, 0.25) is 0 Å². The zero-order valence-electron chi connectivity index (χ0n) is 43.8. The number of carbonyl (C=O) groups excluding carboxylic acids is 4. The van der Waals surface area contributed by atoms with Crippen LogP contribution in [0, 0.1) is 77.5 Å². The Bertz CT molecular complexity index is 2760. The molecule has 3 aliphatic rings. The fraction of sp³-hybridized carbons (Fsp3) is 0.433. The number of hydrogen-bond donors (Lipinski definition) is 0. The molecule has 0 heterocycles. The van der Waals surface area contributed by atoms with E-state index in [-0.39, 0.29) is 23.8 Å². The summed E-state index contributed by atoms with van der Waals surface area (Å²) < 4.78 is 22.7. The van der Waals surface area contributed by atoms with E-state index < -0.39 is 17.5 Å². The van der Waals surface area contributed by atoms with Gasteiger partial charge in [-0.1, -0.05) is 87.6 Å². The summed E-state index contributed by atoms with van der Waals surface area (Å²) in [4.78, 5) is 51.1. The van der Waals surface area contributed by atoms with Gasteiger partial charge in [-0.15, -0.1) is 6.42 Å². The lowest BCUT2D eigenvalue weighted by atomic mass is 9.67. The van der Waals surface area contributed by atoms with Gasteiger partial charge in [0, 0.05) is 39.5 Å². The fourth-order valence-electron chi connectivity index (χ4n) is 10.6. The highest BCUT2D eigenvalue weighted by molar-refractivity contribution is 5.90. The number of unbranched alkanes of at least 4 members (excludes halogenated alkanes) is 5. The first kappa shape index (κ1) is 55.5. The van der Waals surface area contributed by atoms with Crippen LogP contribution in [0.4, 0.5) is 0 Å². The van der Waals surface area contributed by atoms with Crippen LogP contribution in [0.15, 0.2) is 110 Å². The molecule has 7 rings (SSSR count). The number of benzene rings is 4. The molecule has 0 amide bonds. The Morgan fingerprint density at radius 2 is 1.04 bits per heavy atom. The molecule has 3 saturated carbocycles. The number of carbonyl (C=O) groups is 4. The molecule has 388 valence electrons. The lowest BCUT2D eigenvalue weighted by molar-refractivity contribution is -0.152. The lowest BCUT2D eigenvalue weighted by Crippen LogP contribution is -2.39. The summed E-state index contributed by atoms with van der Waals surface area (Å²) in [5, 5.41) is 0. The van der Waals surface area contributed by atoms with Gasteiger partial charge in [0.1, 0.15) is 5.75 Å². The molecule has 8 nitrogen and oxygen atoms in total. The van der Waals surface area contributed by atoms with E-state index in [1.165, 1.54) is 51.4 Å². The molecule has 0 aliphatic heterocycles. The Balaban J connectivity index is 0.919. The van der Waals surface area contributed by atoms with Crippen LogP contribution < -0.4 is 4.74 Å². The monoisotopic (exact) mass is 1000 g/mol. The van der Waals surface area contributed by atoms with E-state index in [0.29, 0.717) is 74.9 Å². The third-order valence-electron chi connectivity index (χ3n) is 15.3. The van der Waals surface area contributed by atoms with E-state index in [1.54, 1.807) is 24.3 Å². The van der Waals surface area contributed by atoms with Crippen LogP contribution in [-0.2, 0) is 28.6 Å². The zero-order chi connectivity index (χ0) is 52.7. The predicted molar refractivity (Wildman–Crippen MR) is 294 cm³/mol. The van der Waals surface area contributed by atoms with E-state index in [0.717, 1.165) is 83.9 Å². The molecule has 0 N–H and O–H groups in total. The SMILES string of the molecule is C#Cc1ccc(C#Cc2ccc(C#Cc3ccc(C#CC4(OC(=O)c5ccc(OC(=O)C6CCC(C(=O)OCCCCCCOC(=O)C=C)CC6)cc5)CCC(C5CCC(CCCCC)CC5)CC4)cc3)cc2)cc1. The molecule has 0 saturated heterocycles. The minimum Gasteiger partial charge on any atom is -0.465 e. The van der Waals surface area contributed by atoms with Gasteiger partial charge in [-0.2, -0.15) is 0 Å². The van der Waals surface area contributed by atoms with Gasteiger partial charge in [0.05, 0.1) is 30.6 Å². The topological polar surface area (TPSA) is 105 Å². The first-order chi connectivity index (χ1) is 36.6. The summed E-state index contributed by atoms with van der Waals surface area (Å²) in [5.74, 6) is 22.9. The number of rotatable bonds is 18. The number of hydrogen-bond acceptors (Lipinski definition) is 8. The predicted octanol–water partition coefficient (Wildman–Crippen LogP) is 13.5. The van der Waals surface area contributed by atoms with Gasteiger partial charge >= 0.3 is 23.9 Å². The van der Waals surface area contributed by atoms with Crippen LogP contribution in [0.3, 0.4) is 0 Å². The van der Waals surface area contributed by atoms with Gasteiger partial charge in [0.15, 0.2) is 5.60 Å². The molecule has 0 radical (unpaired) electrons. The smallest absolute Gasteiger partial charge is 0.339 e. The molecule has 0 bridgehead atoms. The second-order valence-electron chi connectivity index (χ2n) is 20.6. The second-order valence-corrected chi connectivity index (χ2v) is 20.6. The van der Waals surface area contributed by atoms with Crippen molar-refractivity contribution in [1.82, 2.24) is 0 Å². The Morgan fingerprint density at radius 3 is 1.55 bits per heavy atom. The Morgan fingerprint density at radius 1 is 0.560 bits per heavy atom. The molecular weight excluding hydrogens is 933 g/mol. The molecule has 75 heavy (non-hydrogen) atoms. The van der Waals surface area contributed by atoms with Gasteiger partial charge in [-0.3, -0.25) is 9.59 Å². The quantitative estimate of drug-likeness (QED) is 0.0242. The van der Waals surface area contributed by atoms with Crippen LogP contribution in [0.1, 0.15) is 179 Å². The highest BCUT2D eigenvalue weighted by Gasteiger charge is 2.41. The van der Waals surface area contributed by atoms with Crippen LogP contribution in [0.5, 0.6) is 5.75 Å². The highest BCUT2D eigenvalue weighted by Crippen LogP contribution is 2.45. The Labute approximate surface area is 446 Å². The second kappa shape index (κ2) is 29.0. The normalized spacial score (nSPS) is 20.9. The summed E-state index contributed by atoms with van der Waals surface area (Å²) in [5.41, 5.74) is 4.63. The van der Waals surface area contributed by atoms with Crippen molar-refractivity contribution in [3.05, 3.63) is 149 Å². The van der Waals surface area contributed by atoms with Crippen molar-refractivity contribution in [2.45, 2.75) is 141 Å². The van der Waals surface area contributed by atoms with Gasteiger partial charge < -0.3 is 18.9 Å². The molecule has 0 aromatic heterocycles. The Kier molecular flexibility index (Phi) is 21.5. The van der Waals surface area contributed by atoms with Crippen molar-refractivity contribution in [1.29, 1.82) is 0 Å². The third-order valence-corrected chi connectivity index (χ3v) is 15.3. The molecule has 4 aromatic rings.